The van der Waals surface area contributed by atoms with Crippen molar-refractivity contribution in [2.24, 2.45) is 15.0 Å². The third-order valence-corrected chi connectivity index (χ3v) is 11.0. The van der Waals surface area contributed by atoms with Crippen LogP contribution in [0.15, 0.2) is 26.2 Å². The van der Waals surface area contributed by atoms with Gasteiger partial charge in [-0.1, -0.05) is 64.7 Å². The summed E-state index contributed by atoms with van der Waals surface area (Å²) in [4.78, 5) is 32.7. The van der Waals surface area contributed by atoms with Gasteiger partial charge in [0.2, 0.25) is 11.9 Å². The van der Waals surface area contributed by atoms with Gasteiger partial charge in [0.1, 0.15) is 5.57 Å². The predicted molar refractivity (Wildman–Crippen MR) is 175 cm³/mol. The maximum absolute atomic E-state index is 13.2. The largest absolute Gasteiger partial charge is 0.462 e. The van der Waals surface area contributed by atoms with E-state index in [9.17, 15) is 10.0 Å². The summed E-state index contributed by atoms with van der Waals surface area (Å²) >= 11 is 0. The predicted octanol–water partition coefficient (Wildman–Crippen LogP) is 7.00. The first-order valence-corrected chi connectivity index (χ1v) is 18.1. The molecule has 0 amide bonds. The van der Waals surface area contributed by atoms with E-state index < -0.39 is 0 Å². The van der Waals surface area contributed by atoms with E-state index in [1.807, 2.05) is 6.92 Å². The Bertz CT molecular complexity index is 1160. The minimum Gasteiger partial charge on any atom is -0.462 e. The first kappa shape index (κ1) is 31.6. The normalized spacial score (nSPS) is 30.6. The molecule has 6 aliphatic heterocycles. The second-order valence-corrected chi connectivity index (χ2v) is 14.3. The zero-order chi connectivity index (χ0) is 30.6. The number of nitrogens with zero attached hydrogens (tertiary/aromatic N) is 6. The number of esters is 1. The van der Waals surface area contributed by atoms with Crippen LogP contribution < -0.4 is 0 Å². The van der Waals surface area contributed by atoms with Gasteiger partial charge in [0.05, 0.1) is 30.4 Å². The summed E-state index contributed by atoms with van der Waals surface area (Å²) in [6.45, 7) is 6.77. The second-order valence-electron chi connectivity index (χ2n) is 14.3. The van der Waals surface area contributed by atoms with Crippen molar-refractivity contribution < 1.29 is 14.7 Å². The van der Waals surface area contributed by atoms with E-state index in [1.54, 1.807) is 0 Å². The van der Waals surface area contributed by atoms with E-state index in [1.165, 1.54) is 56.4 Å². The van der Waals surface area contributed by atoms with Crippen LogP contribution in [0.4, 0.5) is 0 Å². The number of rotatable bonds is 15. The van der Waals surface area contributed by atoms with E-state index in [-0.39, 0.29) is 12.0 Å². The van der Waals surface area contributed by atoms with Crippen LogP contribution in [0.3, 0.4) is 0 Å². The van der Waals surface area contributed by atoms with Crippen LogP contribution in [0.2, 0.25) is 0 Å². The third kappa shape index (κ3) is 6.73. The van der Waals surface area contributed by atoms with Crippen LogP contribution in [0.25, 0.3) is 0 Å². The highest BCUT2D eigenvalue weighted by Crippen LogP contribution is 2.41. The summed E-state index contributed by atoms with van der Waals surface area (Å²) in [5.41, 5.74) is 2.53. The molecule has 0 aromatic carbocycles. The van der Waals surface area contributed by atoms with Gasteiger partial charge in [-0.15, -0.1) is 0 Å². The summed E-state index contributed by atoms with van der Waals surface area (Å²) in [6.07, 6.45) is 21.8. The van der Waals surface area contributed by atoms with Crippen molar-refractivity contribution in [3.8, 4) is 0 Å². The van der Waals surface area contributed by atoms with E-state index in [4.69, 9.17) is 19.7 Å². The SMILES string of the molecule is CCCCCCCC1CC2CCC3=C(C(=O)OCCCCCCCC4CC5CCC6CC(C)N(O)C(=N4)N56)C(C)=NC(=N1)N32. The minimum absolute atomic E-state index is 0.154. The molecule has 3 fully saturated rings. The maximum atomic E-state index is 13.2. The molecule has 6 unspecified atom stereocenters. The first-order chi connectivity index (χ1) is 21.4. The van der Waals surface area contributed by atoms with Gasteiger partial charge >= 0.3 is 5.97 Å². The standard InChI is InChI=1S/C35H56N6O3/c1-4-5-6-8-11-14-26-22-30-18-19-31-32(25(3)36-34(37-26)40(30)31)33(42)44-20-13-10-7-9-12-15-27-23-29-17-16-28-21-24(2)41(43)35(38-27)39(28)29/h24,26-30,43H,4-23H2,1-3H3. The number of hydrogen-bond acceptors (Lipinski definition) is 9. The molecular weight excluding hydrogens is 552 g/mol. The zero-order valence-corrected chi connectivity index (χ0v) is 27.6. The first-order valence-electron chi connectivity index (χ1n) is 18.1. The van der Waals surface area contributed by atoms with Crippen molar-refractivity contribution in [3.63, 3.8) is 0 Å². The van der Waals surface area contributed by atoms with E-state index in [2.05, 4.69) is 23.6 Å². The van der Waals surface area contributed by atoms with Gasteiger partial charge in [0.15, 0.2) is 0 Å². The Labute approximate surface area is 264 Å². The van der Waals surface area contributed by atoms with Crippen molar-refractivity contribution in [2.45, 2.75) is 179 Å². The fourth-order valence-electron chi connectivity index (χ4n) is 8.69. The fourth-order valence-corrected chi connectivity index (χ4v) is 8.69. The van der Waals surface area contributed by atoms with Crippen molar-refractivity contribution in [2.75, 3.05) is 6.61 Å². The van der Waals surface area contributed by atoms with Crippen LogP contribution in [0.5, 0.6) is 0 Å². The lowest BCUT2D eigenvalue weighted by atomic mass is 9.97. The highest BCUT2D eigenvalue weighted by molar-refractivity contribution is 6.23. The minimum atomic E-state index is -0.214. The molecular formula is C35H56N6O3. The molecule has 0 saturated carbocycles. The van der Waals surface area contributed by atoms with E-state index in [0.717, 1.165) is 94.0 Å². The summed E-state index contributed by atoms with van der Waals surface area (Å²) < 4.78 is 5.79. The molecule has 6 atom stereocenters. The van der Waals surface area contributed by atoms with Gasteiger partial charge in [-0.05, 0) is 78.1 Å². The number of carbonyl (C=O) groups excluding carboxylic acids is 1. The Balaban J connectivity index is 0.902. The molecule has 0 aliphatic carbocycles. The molecule has 0 radical (unpaired) electrons. The number of ether oxygens (including phenoxy) is 1. The smallest absolute Gasteiger partial charge is 0.341 e. The second kappa shape index (κ2) is 14.3. The molecule has 9 nitrogen and oxygen atoms in total. The summed E-state index contributed by atoms with van der Waals surface area (Å²) in [5, 5.41) is 12.1. The number of aliphatic imine (C=N–C) groups is 3. The summed E-state index contributed by atoms with van der Waals surface area (Å²) in [6, 6.07) is 2.37. The van der Waals surface area contributed by atoms with Crippen LogP contribution in [-0.4, -0.2) is 86.5 Å². The maximum Gasteiger partial charge on any atom is 0.341 e. The average Bonchev–Trinajstić information content (AvgIpc) is 3.62. The topological polar surface area (TPSA) is 93.3 Å². The molecule has 9 heteroatoms. The Kier molecular flexibility index (Phi) is 10.3. The van der Waals surface area contributed by atoms with E-state index >= 15 is 0 Å². The highest BCUT2D eigenvalue weighted by atomic mass is 16.5. The van der Waals surface area contributed by atoms with Crippen LogP contribution in [0.1, 0.15) is 143 Å². The monoisotopic (exact) mass is 608 g/mol. The van der Waals surface area contributed by atoms with E-state index in [0.29, 0.717) is 42.4 Å². The van der Waals surface area contributed by atoms with Gasteiger partial charge in [0.25, 0.3) is 0 Å². The molecule has 3 saturated heterocycles. The van der Waals surface area contributed by atoms with Crippen molar-refractivity contribution >= 4 is 23.6 Å². The molecule has 6 heterocycles. The quantitative estimate of drug-likeness (QED) is 0.159. The Hall–Kier alpha value is -2.42. The molecule has 244 valence electrons. The molecule has 0 aromatic heterocycles. The highest BCUT2D eigenvalue weighted by Gasteiger charge is 2.46. The number of allylic oxidation sites excluding steroid dienone is 1. The fraction of sp³-hybridized carbons (Fsp3) is 0.829. The molecule has 6 rings (SSSR count). The molecule has 6 aliphatic rings. The Morgan fingerprint density at radius 3 is 2.30 bits per heavy atom. The average molecular weight is 609 g/mol. The van der Waals surface area contributed by atoms with Gasteiger partial charge in [-0.2, -0.15) is 0 Å². The lowest BCUT2D eigenvalue weighted by Crippen LogP contribution is -2.59. The number of carbonyl (C=O) groups is 1. The van der Waals surface area contributed by atoms with Crippen molar-refractivity contribution in [1.29, 1.82) is 0 Å². The number of hydrogen-bond donors (Lipinski definition) is 1. The third-order valence-electron chi connectivity index (χ3n) is 11.0. The molecule has 1 N–H and O–H groups in total. The summed E-state index contributed by atoms with van der Waals surface area (Å²) in [5.74, 6) is 1.44. The van der Waals surface area contributed by atoms with Gasteiger partial charge in [-0.3, -0.25) is 5.21 Å². The van der Waals surface area contributed by atoms with Gasteiger partial charge in [-0.25, -0.2) is 24.8 Å². The number of unbranched alkanes of at least 4 members (excludes halogenated alkanes) is 8. The molecule has 0 spiro atoms. The number of guanidine groups is 2. The number of hydroxylamine groups is 2. The Morgan fingerprint density at radius 2 is 1.52 bits per heavy atom. The van der Waals surface area contributed by atoms with Crippen LogP contribution in [0, 0.1) is 0 Å². The Morgan fingerprint density at radius 1 is 0.864 bits per heavy atom. The zero-order valence-electron chi connectivity index (χ0n) is 27.6. The molecule has 44 heavy (non-hydrogen) atoms. The molecule has 0 aromatic rings. The van der Waals surface area contributed by atoms with Crippen molar-refractivity contribution in [3.05, 3.63) is 11.3 Å². The van der Waals surface area contributed by atoms with Crippen LogP contribution >= 0.6 is 0 Å². The lowest BCUT2D eigenvalue weighted by molar-refractivity contribution is -0.138. The van der Waals surface area contributed by atoms with Crippen molar-refractivity contribution in [1.82, 2.24) is 14.9 Å². The van der Waals surface area contributed by atoms with Gasteiger partial charge < -0.3 is 14.5 Å². The van der Waals surface area contributed by atoms with Crippen LogP contribution in [-0.2, 0) is 9.53 Å². The molecule has 0 bridgehead atoms. The van der Waals surface area contributed by atoms with Gasteiger partial charge in [0, 0.05) is 23.8 Å². The lowest BCUT2D eigenvalue weighted by Gasteiger charge is -2.47. The summed E-state index contributed by atoms with van der Waals surface area (Å²) in [7, 11) is 0.